The average Bonchev–Trinajstić information content (AvgIpc) is 2.74. The molecule has 0 atom stereocenters. The molecule has 0 aliphatic carbocycles. The van der Waals surface area contributed by atoms with Crippen LogP contribution < -0.4 is 20.7 Å². The van der Waals surface area contributed by atoms with Crippen LogP contribution in [-0.2, 0) is 0 Å². The van der Waals surface area contributed by atoms with Crippen LogP contribution in [0.15, 0.2) is 48.5 Å². The van der Waals surface area contributed by atoms with Crippen LogP contribution >= 0.6 is 0 Å². The summed E-state index contributed by atoms with van der Waals surface area (Å²) in [6.45, 7) is 6.76. The Balaban J connectivity index is 1.55. The Bertz CT molecular complexity index is 719. The molecule has 2 aliphatic rings. The maximum Gasteiger partial charge on any atom is 0.0774 e. The van der Waals surface area contributed by atoms with Gasteiger partial charge in [-0.1, -0.05) is 18.2 Å². The van der Waals surface area contributed by atoms with Crippen LogP contribution in [-0.4, -0.2) is 51.2 Å². The van der Waals surface area contributed by atoms with Crippen LogP contribution in [0, 0.1) is 0 Å². The molecule has 0 amide bonds. The van der Waals surface area contributed by atoms with Gasteiger partial charge in [0.05, 0.1) is 17.1 Å². The Morgan fingerprint density at radius 3 is 2.19 bits per heavy atom. The van der Waals surface area contributed by atoms with E-state index in [1.807, 2.05) is 18.2 Å². The van der Waals surface area contributed by atoms with Gasteiger partial charge in [0.1, 0.15) is 0 Å². The fourth-order valence-corrected chi connectivity index (χ4v) is 3.94. The van der Waals surface area contributed by atoms with Crippen molar-refractivity contribution in [3.63, 3.8) is 0 Å². The van der Waals surface area contributed by atoms with E-state index in [2.05, 4.69) is 62.9 Å². The topological polar surface area (TPSA) is 33.8 Å². The van der Waals surface area contributed by atoms with Crippen LogP contribution in [0.5, 0.6) is 0 Å². The number of rotatable bonds is 5. The van der Waals surface area contributed by atoms with Gasteiger partial charge in [-0.25, -0.2) is 0 Å². The highest BCUT2D eigenvalue weighted by molar-refractivity contribution is 5.76. The van der Waals surface area contributed by atoms with E-state index in [-0.39, 0.29) is 0 Å². The minimum absolute atomic E-state index is 1.07. The second kappa shape index (κ2) is 8.53. The summed E-state index contributed by atoms with van der Waals surface area (Å²) in [4.78, 5) is 7.46. The second-order valence-electron chi connectivity index (χ2n) is 7.66. The molecule has 2 N–H and O–H groups in total. The molecule has 2 heterocycles. The van der Waals surface area contributed by atoms with Gasteiger partial charge in [-0.15, -0.1) is 0 Å². The Morgan fingerprint density at radius 1 is 0.704 bits per heavy atom. The van der Waals surface area contributed by atoms with Crippen LogP contribution in [0.2, 0.25) is 0 Å². The number of anilines is 4. The number of hydrogen-bond acceptors (Lipinski definition) is 5. The molecule has 2 saturated heterocycles. The number of likely N-dealkylation sites (N-methyl/N-ethyl adjacent to an activating group) is 1. The largest absolute Gasteiger partial charge is 0.370 e. The Hall–Kier alpha value is -2.40. The molecule has 2 aromatic carbocycles. The molecule has 0 bridgehead atoms. The van der Waals surface area contributed by atoms with Gasteiger partial charge in [0.15, 0.2) is 0 Å². The molecule has 27 heavy (non-hydrogen) atoms. The van der Waals surface area contributed by atoms with Crippen LogP contribution in [0.4, 0.5) is 22.7 Å². The van der Waals surface area contributed by atoms with E-state index in [1.54, 1.807) is 0 Å². The summed E-state index contributed by atoms with van der Waals surface area (Å²) in [6, 6.07) is 17.2. The fourth-order valence-electron chi connectivity index (χ4n) is 3.94. The van der Waals surface area contributed by atoms with Gasteiger partial charge in [-0.2, -0.15) is 0 Å². The van der Waals surface area contributed by atoms with Crippen molar-refractivity contribution in [1.29, 1.82) is 0 Å². The van der Waals surface area contributed by atoms with E-state index < -0.39 is 0 Å². The molecule has 0 radical (unpaired) electrons. The van der Waals surface area contributed by atoms with Crippen LogP contribution in [0.3, 0.4) is 0 Å². The second-order valence-corrected chi connectivity index (χ2v) is 7.66. The highest BCUT2D eigenvalue weighted by atomic mass is 15.4. The molecule has 0 saturated carbocycles. The lowest BCUT2D eigenvalue weighted by Gasteiger charge is -2.36. The molecule has 4 rings (SSSR count). The molecule has 5 nitrogen and oxygen atoms in total. The average molecular weight is 366 g/mol. The summed E-state index contributed by atoms with van der Waals surface area (Å²) in [5.41, 5.74) is 11.7. The maximum absolute atomic E-state index is 3.45. The number of benzene rings is 2. The molecule has 0 unspecified atom stereocenters. The zero-order valence-electron chi connectivity index (χ0n) is 16.3. The third-order valence-electron chi connectivity index (χ3n) is 5.66. The smallest absolute Gasteiger partial charge is 0.0774 e. The Kier molecular flexibility index (Phi) is 5.68. The van der Waals surface area contributed by atoms with Gasteiger partial charge in [0.2, 0.25) is 0 Å². The first-order valence-electron chi connectivity index (χ1n) is 10.2. The highest BCUT2D eigenvalue weighted by Crippen LogP contribution is 2.33. The van der Waals surface area contributed by atoms with Crippen molar-refractivity contribution in [1.82, 2.24) is 4.90 Å². The monoisotopic (exact) mass is 365 g/mol. The number of nitrogens with zero attached hydrogens (tertiary/aromatic N) is 3. The first-order valence-corrected chi connectivity index (χ1v) is 10.2. The molecule has 0 aromatic heterocycles. The van der Waals surface area contributed by atoms with E-state index >= 15 is 0 Å². The standard InChI is InChI=1S/C22H31N5/c1-25-14-16-26(17-15-25)20-10-11-21(24-23-19-8-4-2-5-9-19)22(18-20)27-12-6-3-7-13-27/h2,4-5,8-11,18,23-24H,3,6-7,12-17H2,1H3. The molecular formula is C22H31N5. The number of piperidine rings is 1. The number of nitrogens with one attached hydrogen (secondary N) is 2. The van der Waals surface area contributed by atoms with E-state index in [9.17, 15) is 0 Å². The minimum atomic E-state index is 1.07. The van der Waals surface area contributed by atoms with Crippen molar-refractivity contribution < 1.29 is 0 Å². The third-order valence-corrected chi connectivity index (χ3v) is 5.66. The van der Waals surface area contributed by atoms with Gasteiger partial charge in [0, 0.05) is 45.0 Å². The number of piperazine rings is 1. The van der Waals surface area contributed by atoms with Gasteiger partial charge in [-0.3, -0.25) is 5.43 Å². The summed E-state index contributed by atoms with van der Waals surface area (Å²) in [5, 5.41) is 0. The number of para-hydroxylation sites is 1. The van der Waals surface area contributed by atoms with E-state index in [0.29, 0.717) is 0 Å². The molecular weight excluding hydrogens is 334 g/mol. The summed E-state index contributed by atoms with van der Waals surface area (Å²) in [6.07, 6.45) is 3.91. The lowest BCUT2D eigenvalue weighted by atomic mass is 10.1. The van der Waals surface area contributed by atoms with Crippen molar-refractivity contribution >= 4 is 22.7 Å². The zero-order valence-corrected chi connectivity index (χ0v) is 16.3. The fraction of sp³-hybridized carbons (Fsp3) is 0.455. The van der Waals surface area contributed by atoms with Crippen LogP contribution in [0.25, 0.3) is 0 Å². The van der Waals surface area contributed by atoms with Gasteiger partial charge in [0.25, 0.3) is 0 Å². The molecule has 2 aromatic rings. The minimum Gasteiger partial charge on any atom is -0.370 e. The molecule has 0 spiro atoms. The lowest BCUT2D eigenvalue weighted by Crippen LogP contribution is -2.44. The Morgan fingerprint density at radius 2 is 1.44 bits per heavy atom. The SMILES string of the molecule is CN1CCN(c2ccc(NNc3ccccc3)c(N3CCCCC3)c2)CC1. The van der Waals surface area contributed by atoms with E-state index in [4.69, 9.17) is 0 Å². The molecule has 2 aliphatic heterocycles. The van der Waals surface area contributed by atoms with Crippen molar-refractivity contribution in [2.75, 3.05) is 67.0 Å². The zero-order chi connectivity index (χ0) is 18.5. The van der Waals surface area contributed by atoms with Crippen molar-refractivity contribution in [2.24, 2.45) is 0 Å². The quantitative estimate of drug-likeness (QED) is 0.786. The summed E-state index contributed by atoms with van der Waals surface area (Å²) in [7, 11) is 2.21. The van der Waals surface area contributed by atoms with Crippen LogP contribution in [0.1, 0.15) is 19.3 Å². The first-order chi connectivity index (χ1) is 13.3. The van der Waals surface area contributed by atoms with Crippen molar-refractivity contribution in [3.8, 4) is 0 Å². The molecule has 144 valence electrons. The van der Waals surface area contributed by atoms with Gasteiger partial charge >= 0.3 is 0 Å². The third kappa shape index (κ3) is 4.48. The van der Waals surface area contributed by atoms with Gasteiger partial charge in [-0.05, 0) is 56.6 Å². The number of hydrazine groups is 1. The first kappa shape index (κ1) is 18.0. The summed E-state index contributed by atoms with van der Waals surface area (Å²) in [5.74, 6) is 0. The predicted octanol–water partition coefficient (Wildman–Crippen LogP) is 3.87. The Labute approximate surface area is 162 Å². The maximum atomic E-state index is 3.45. The molecule has 2 fully saturated rings. The predicted molar refractivity (Wildman–Crippen MR) is 116 cm³/mol. The summed E-state index contributed by atoms with van der Waals surface area (Å²) >= 11 is 0. The van der Waals surface area contributed by atoms with E-state index in [0.717, 1.165) is 50.6 Å². The van der Waals surface area contributed by atoms with Crippen molar-refractivity contribution in [3.05, 3.63) is 48.5 Å². The lowest BCUT2D eigenvalue weighted by molar-refractivity contribution is 0.313. The number of hydrogen-bond donors (Lipinski definition) is 2. The normalized spacial score (nSPS) is 18.4. The van der Waals surface area contributed by atoms with Gasteiger partial charge < -0.3 is 20.1 Å². The molecule has 5 heteroatoms. The van der Waals surface area contributed by atoms with E-state index in [1.165, 1.54) is 30.6 Å². The van der Waals surface area contributed by atoms with Crippen molar-refractivity contribution in [2.45, 2.75) is 19.3 Å². The summed E-state index contributed by atoms with van der Waals surface area (Å²) < 4.78 is 0. The highest BCUT2D eigenvalue weighted by Gasteiger charge is 2.19.